The van der Waals surface area contributed by atoms with Gasteiger partial charge in [-0.3, -0.25) is 0 Å². The lowest BCUT2D eigenvalue weighted by Crippen LogP contribution is -2.06. The summed E-state index contributed by atoms with van der Waals surface area (Å²) in [5.41, 5.74) is 5.80. The average Bonchev–Trinajstić information content (AvgIpc) is 2.56. The first-order chi connectivity index (χ1) is 7.27. The van der Waals surface area contributed by atoms with Gasteiger partial charge in [-0.1, -0.05) is 12.1 Å². The van der Waals surface area contributed by atoms with E-state index in [-0.39, 0.29) is 6.10 Å². The van der Waals surface area contributed by atoms with Gasteiger partial charge in [-0.05, 0) is 60.2 Å². The molecule has 0 aliphatic heterocycles. The topological polar surface area (TPSA) is 20.2 Å². The first-order valence-corrected chi connectivity index (χ1v) is 6.09. The van der Waals surface area contributed by atoms with Crippen molar-refractivity contribution in [3.8, 4) is 0 Å². The van der Waals surface area contributed by atoms with Crippen LogP contribution in [0.1, 0.15) is 41.2 Å². The highest BCUT2D eigenvalue weighted by atomic mass is 16.3. The molecular weight excluding hydrogens is 183 g/mol. The van der Waals surface area contributed by atoms with E-state index in [4.69, 9.17) is 0 Å². The summed E-state index contributed by atoms with van der Waals surface area (Å²) in [4.78, 5) is 0. The first-order valence-electron chi connectivity index (χ1n) is 6.09. The zero-order chi connectivity index (χ0) is 10.4. The molecule has 0 heterocycles. The molecule has 3 rings (SSSR count). The molecule has 2 aliphatic carbocycles. The third-order valence-electron chi connectivity index (χ3n) is 4.07. The second-order valence-electron chi connectivity index (χ2n) is 5.10. The van der Waals surface area contributed by atoms with Gasteiger partial charge in [0.15, 0.2) is 0 Å². The van der Waals surface area contributed by atoms with E-state index in [0.717, 1.165) is 6.42 Å². The highest BCUT2D eigenvalue weighted by Crippen LogP contribution is 2.42. The molecule has 15 heavy (non-hydrogen) atoms. The molecule has 0 saturated carbocycles. The molecule has 0 aromatic heterocycles. The Morgan fingerprint density at radius 1 is 1.13 bits per heavy atom. The van der Waals surface area contributed by atoms with Gasteiger partial charge in [0.1, 0.15) is 7.85 Å². The third kappa shape index (κ3) is 1.35. The molecule has 0 fully saturated rings. The van der Waals surface area contributed by atoms with Crippen molar-refractivity contribution in [2.24, 2.45) is 0 Å². The summed E-state index contributed by atoms with van der Waals surface area (Å²) >= 11 is 0. The van der Waals surface area contributed by atoms with Crippen LogP contribution in [0.5, 0.6) is 0 Å². The summed E-state index contributed by atoms with van der Waals surface area (Å²) < 4.78 is 0. The van der Waals surface area contributed by atoms with Crippen LogP contribution >= 0.6 is 0 Å². The Labute approximate surface area is 91.9 Å². The van der Waals surface area contributed by atoms with Gasteiger partial charge >= 0.3 is 0 Å². The van der Waals surface area contributed by atoms with Crippen LogP contribution in [-0.2, 0) is 19.3 Å². The van der Waals surface area contributed by atoms with Crippen LogP contribution in [0.3, 0.4) is 0 Å². The van der Waals surface area contributed by atoms with E-state index in [1.165, 1.54) is 36.8 Å². The normalized spacial score (nSPS) is 28.6. The van der Waals surface area contributed by atoms with E-state index < -0.39 is 0 Å². The van der Waals surface area contributed by atoms with Gasteiger partial charge in [0.25, 0.3) is 0 Å². The van der Waals surface area contributed by atoms with Crippen LogP contribution in [0.2, 0.25) is 5.82 Å². The molecule has 2 atom stereocenters. The SMILES string of the molecule is BC1Cc2c(ccc3c2CCCC3)C1O. The molecule has 2 heteroatoms. The quantitative estimate of drug-likeness (QED) is 0.630. The van der Waals surface area contributed by atoms with Gasteiger partial charge in [0.2, 0.25) is 0 Å². The van der Waals surface area contributed by atoms with Gasteiger partial charge in [-0.25, -0.2) is 0 Å². The molecule has 0 amide bonds. The molecule has 0 spiro atoms. The van der Waals surface area contributed by atoms with Gasteiger partial charge < -0.3 is 5.11 Å². The van der Waals surface area contributed by atoms with Crippen molar-refractivity contribution >= 4 is 7.85 Å². The molecule has 78 valence electrons. The molecule has 1 aromatic carbocycles. The Bertz CT molecular complexity index is 400. The van der Waals surface area contributed by atoms with E-state index in [9.17, 15) is 5.11 Å². The molecule has 0 bridgehead atoms. The zero-order valence-electron chi connectivity index (χ0n) is 9.29. The Balaban J connectivity index is 2.13. The number of fused-ring (bicyclic) bond motifs is 3. The predicted molar refractivity (Wildman–Crippen MR) is 64.0 cm³/mol. The molecule has 2 aliphatic rings. The van der Waals surface area contributed by atoms with Gasteiger partial charge in [-0.2, -0.15) is 0 Å². The van der Waals surface area contributed by atoms with Crippen molar-refractivity contribution < 1.29 is 5.11 Å². The standard InChI is InChI=1S/C13H17BO/c14-12-7-11-9-4-2-1-3-8(9)5-6-10(11)13(12)15/h5-6,12-13,15H,1-4,7,14H2. The van der Waals surface area contributed by atoms with E-state index >= 15 is 0 Å². The highest BCUT2D eigenvalue weighted by Gasteiger charge is 2.30. The van der Waals surface area contributed by atoms with Crippen molar-refractivity contribution in [3.05, 3.63) is 34.4 Å². The van der Waals surface area contributed by atoms with Crippen LogP contribution in [0, 0.1) is 0 Å². The molecular formula is C13H17BO. The molecule has 2 unspecified atom stereocenters. The summed E-state index contributed by atoms with van der Waals surface area (Å²) in [5, 5.41) is 10.1. The molecule has 0 radical (unpaired) electrons. The maximum Gasteiger partial charge on any atom is 0.109 e. The number of rotatable bonds is 0. The van der Waals surface area contributed by atoms with Crippen LogP contribution in [0.25, 0.3) is 0 Å². The third-order valence-corrected chi connectivity index (χ3v) is 4.07. The monoisotopic (exact) mass is 200 g/mol. The van der Waals surface area contributed by atoms with E-state index in [2.05, 4.69) is 20.0 Å². The Morgan fingerprint density at radius 2 is 1.93 bits per heavy atom. The van der Waals surface area contributed by atoms with E-state index in [1.807, 2.05) is 0 Å². The fourth-order valence-corrected chi connectivity index (χ4v) is 3.18. The smallest absolute Gasteiger partial charge is 0.109 e. The van der Waals surface area contributed by atoms with Crippen molar-refractivity contribution in [2.75, 3.05) is 0 Å². The number of hydrogen-bond donors (Lipinski definition) is 1. The molecule has 1 aromatic rings. The first kappa shape index (κ1) is 9.47. The molecule has 0 saturated heterocycles. The minimum absolute atomic E-state index is 0.216. The lowest BCUT2D eigenvalue weighted by atomic mass is 9.82. The number of aliphatic hydroxyl groups is 1. The van der Waals surface area contributed by atoms with Crippen LogP contribution < -0.4 is 0 Å². The Kier molecular flexibility index (Phi) is 2.13. The second kappa shape index (κ2) is 3.38. The van der Waals surface area contributed by atoms with Crippen molar-refractivity contribution in [1.29, 1.82) is 0 Å². The van der Waals surface area contributed by atoms with Crippen molar-refractivity contribution in [1.82, 2.24) is 0 Å². The maximum absolute atomic E-state index is 10.1. The number of aliphatic hydroxyl groups excluding tert-OH is 1. The number of hydrogen-bond acceptors (Lipinski definition) is 1. The number of aryl methyl sites for hydroxylation is 1. The predicted octanol–water partition coefficient (Wildman–Crippen LogP) is 1.58. The summed E-state index contributed by atoms with van der Waals surface area (Å²) in [6, 6.07) is 4.40. The van der Waals surface area contributed by atoms with Gasteiger partial charge in [-0.15, -0.1) is 0 Å². The Hall–Kier alpha value is -0.755. The fraction of sp³-hybridized carbons (Fsp3) is 0.538. The fourth-order valence-electron chi connectivity index (χ4n) is 3.18. The largest absolute Gasteiger partial charge is 0.389 e. The summed E-state index contributed by atoms with van der Waals surface area (Å²) in [5.74, 6) is 0.411. The molecule has 1 N–H and O–H groups in total. The summed E-state index contributed by atoms with van der Waals surface area (Å²) in [7, 11) is 2.15. The molecule has 1 nitrogen and oxygen atoms in total. The van der Waals surface area contributed by atoms with Gasteiger partial charge in [0, 0.05) is 0 Å². The van der Waals surface area contributed by atoms with Crippen LogP contribution in [0.15, 0.2) is 12.1 Å². The lowest BCUT2D eigenvalue weighted by molar-refractivity contribution is 0.180. The Morgan fingerprint density at radius 3 is 2.80 bits per heavy atom. The lowest BCUT2D eigenvalue weighted by Gasteiger charge is -2.19. The minimum atomic E-state index is -0.216. The summed E-state index contributed by atoms with van der Waals surface area (Å²) in [6.45, 7) is 0. The summed E-state index contributed by atoms with van der Waals surface area (Å²) in [6.07, 6.45) is 6.01. The maximum atomic E-state index is 10.1. The zero-order valence-corrected chi connectivity index (χ0v) is 9.29. The van der Waals surface area contributed by atoms with Crippen LogP contribution in [0.4, 0.5) is 0 Å². The average molecular weight is 200 g/mol. The second-order valence-corrected chi connectivity index (χ2v) is 5.10. The minimum Gasteiger partial charge on any atom is -0.389 e. The van der Waals surface area contributed by atoms with Gasteiger partial charge in [0.05, 0.1) is 6.10 Å². The van der Waals surface area contributed by atoms with Crippen LogP contribution in [-0.4, -0.2) is 13.0 Å². The van der Waals surface area contributed by atoms with E-state index in [1.54, 1.807) is 11.1 Å². The van der Waals surface area contributed by atoms with Crippen molar-refractivity contribution in [2.45, 2.75) is 44.0 Å². The van der Waals surface area contributed by atoms with Crippen molar-refractivity contribution in [3.63, 3.8) is 0 Å². The number of benzene rings is 1. The highest BCUT2D eigenvalue weighted by molar-refractivity contribution is 6.12. The van der Waals surface area contributed by atoms with E-state index in [0.29, 0.717) is 5.82 Å².